The fourth-order valence-corrected chi connectivity index (χ4v) is 4.88. The maximum Gasteiger partial charge on any atom is 0.453 e. The number of piperazine rings is 1. The number of aromatic nitrogens is 4. The fourth-order valence-electron chi connectivity index (χ4n) is 4.88. The highest BCUT2D eigenvalue weighted by Gasteiger charge is 2.38. The number of piperidine rings is 1. The van der Waals surface area contributed by atoms with Gasteiger partial charge in [0.2, 0.25) is 5.91 Å². The molecule has 2 aliphatic rings. The van der Waals surface area contributed by atoms with E-state index in [4.69, 9.17) is 4.74 Å². The summed E-state index contributed by atoms with van der Waals surface area (Å²) in [6.07, 6.45) is -2.89. The van der Waals surface area contributed by atoms with Gasteiger partial charge in [-0.3, -0.25) is 9.69 Å². The van der Waals surface area contributed by atoms with Crippen molar-refractivity contribution in [2.75, 3.05) is 51.3 Å². The Balaban J connectivity index is 1.14. The molecule has 0 saturated carbocycles. The molecule has 5 rings (SSSR count). The van der Waals surface area contributed by atoms with Crippen molar-refractivity contribution in [3.8, 4) is 5.75 Å². The molecule has 2 aliphatic heterocycles. The zero-order valence-corrected chi connectivity index (χ0v) is 20.9. The molecule has 0 radical (unpaired) electrons. The molecule has 12 heteroatoms. The normalized spacial score (nSPS) is 19.0. The lowest BCUT2D eigenvalue weighted by atomic mass is 9.89. The number of alkyl halides is 3. The Morgan fingerprint density at radius 3 is 2.43 bits per heavy atom. The zero-order valence-electron chi connectivity index (χ0n) is 20.9. The van der Waals surface area contributed by atoms with Gasteiger partial charge in [0.1, 0.15) is 18.2 Å². The van der Waals surface area contributed by atoms with Crippen molar-refractivity contribution in [1.29, 1.82) is 0 Å². The molecule has 2 aromatic heterocycles. The molecule has 0 bridgehead atoms. The minimum Gasteiger partial charge on any atom is -0.492 e. The van der Waals surface area contributed by atoms with Crippen LogP contribution >= 0.6 is 0 Å². The van der Waals surface area contributed by atoms with Gasteiger partial charge in [-0.1, -0.05) is 12.1 Å². The fraction of sp³-hybridized carbons (Fsp3) is 0.520. The quantitative estimate of drug-likeness (QED) is 0.497. The van der Waals surface area contributed by atoms with Crippen LogP contribution in [0.2, 0.25) is 0 Å². The average Bonchev–Trinajstić information content (AvgIpc) is 3.33. The Labute approximate surface area is 212 Å². The average molecular weight is 518 g/mol. The largest absolute Gasteiger partial charge is 0.492 e. The third kappa shape index (κ3) is 5.48. The van der Waals surface area contributed by atoms with E-state index in [9.17, 15) is 18.0 Å². The van der Waals surface area contributed by atoms with Crippen molar-refractivity contribution < 1.29 is 22.7 Å². The summed E-state index contributed by atoms with van der Waals surface area (Å²) in [6, 6.07) is 11.5. The van der Waals surface area contributed by atoms with Crippen LogP contribution in [0, 0.1) is 0 Å². The number of rotatable bonds is 6. The molecule has 1 aromatic carbocycles. The molecule has 3 aromatic rings. The van der Waals surface area contributed by atoms with Gasteiger partial charge >= 0.3 is 6.18 Å². The predicted molar refractivity (Wildman–Crippen MR) is 131 cm³/mol. The first kappa shape index (κ1) is 25.2. The third-order valence-corrected chi connectivity index (χ3v) is 7.27. The monoisotopic (exact) mass is 517 g/mol. The van der Waals surface area contributed by atoms with Gasteiger partial charge in [-0.25, -0.2) is 0 Å². The summed E-state index contributed by atoms with van der Waals surface area (Å²) in [7, 11) is 1.83. The minimum absolute atomic E-state index is 0.0692. The van der Waals surface area contributed by atoms with E-state index < -0.39 is 12.0 Å². The summed E-state index contributed by atoms with van der Waals surface area (Å²) in [5.74, 6) is 0.643. The van der Waals surface area contributed by atoms with Crippen molar-refractivity contribution in [3.63, 3.8) is 0 Å². The Bertz CT molecular complexity index is 1240. The first-order valence-corrected chi connectivity index (χ1v) is 12.4. The Kier molecular flexibility index (Phi) is 6.93. The van der Waals surface area contributed by atoms with E-state index in [0.717, 1.165) is 36.2 Å². The zero-order chi connectivity index (χ0) is 26.2. The molecule has 2 fully saturated rings. The topological polar surface area (TPSA) is 79.1 Å². The highest BCUT2D eigenvalue weighted by Crippen LogP contribution is 2.32. The molecular formula is C25H30F3N7O2. The van der Waals surface area contributed by atoms with Crippen LogP contribution in [-0.2, 0) is 11.0 Å². The van der Waals surface area contributed by atoms with Crippen LogP contribution in [0.3, 0.4) is 0 Å². The summed E-state index contributed by atoms with van der Waals surface area (Å²) in [4.78, 5) is 17.8. The maximum absolute atomic E-state index is 13.2. The molecule has 2 saturated heterocycles. The SMILES string of the molecule is C[C@@H](COc1ccc(C2CCN(c3ccc4nnc(C(F)(F)F)n4n3)CC2)cc1)N1CCN(C)C(=O)C1. The first-order valence-electron chi connectivity index (χ1n) is 12.4. The van der Waals surface area contributed by atoms with Crippen LogP contribution in [-0.4, -0.2) is 87.9 Å². The third-order valence-electron chi connectivity index (χ3n) is 7.27. The van der Waals surface area contributed by atoms with E-state index in [-0.39, 0.29) is 17.6 Å². The number of carbonyl (C=O) groups excluding carboxylic acids is 1. The van der Waals surface area contributed by atoms with Gasteiger partial charge in [0.15, 0.2) is 5.65 Å². The Morgan fingerprint density at radius 1 is 1.03 bits per heavy atom. The number of likely N-dealkylation sites (N-methyl/N-ethyl adjacent to an activating group) is 1. The molecule has 0 aliphatic carbocycles. The summed E-state index contributed by atoms with van der Waals surface area (Å²) in [5.41, 5.74) is 1.28. The number of hydrogen-bond donors (Lipinski definition) is 0. The molecule has 1 atom stereocenters. The second kappa shape index (κ2) is 10.2. The number of halogens is 3. The van der Waals surface area contributed by atoms with Gasteiger partial charge in [-0.2, -0.15) is 17.7 Å². The van der Waals surface area contributed by atoms with Crippen LogP contribution in [0.1, 0.15) is 37.1 Å². The van der Waals surface area contributed by atoms with Crippen molar-refractivity contribution in [1.82, 2.24) is 29.6 Å². The van der Waals surface area contributed by atoms with E-state index in [1.807, 2.05) is 24.1 Å². The summed E-state index contributed by atoms with van der Waals surface area (Å²) in [5, 5.41) is 11.0. The van der Waals surface area contributed by atoms with Crippen molar-refractivity contribution in [3.05, 3.63) is 47.8 Å². The smallest absolute Gasteiger partial charge is 0.453 e. The van der Waals surface area contributed by atoms with Gasteiger partial charge in [0.05, 0.1) is 6.54 Å². The lowest BCUT2D eigenvalue weighted by Crippen LogP contribution is -2.52. The molecule has 1 amide bonds. The first-order chi connectivity index (χ1) is 17.7. The Hall–Kier alpha value is -3.41. The van der Waals surface area contributed by atoms with Crippen LogP contribution in [0.25, 0.3) is 5.65 Å². The number of benzene rings is 1. The molecule has 198 valence electrons. The lowest BCUT2D eigenvalue weighted by molar-refractivity contribution is -0.146. The number of amides is 1. The van der Waals surface area contributed by atoms with Gasteiger partial charge in [0.25, 0.3) is 5.82 Å². The van der Waals surface area contributed by atoms with Crippen LogP contribution in [0.5, 0.6) is 5.75 Å². The second-order valence-electron chi connectivity index (χ2n) is 9.76. The molecule has 0 N–H and O–H groups in total. The van der Waals surface area contributed by atoms with E-state index in [0.29, 0.717) is 38.0 Å². The lowest BCUT2D eigenvalue weighted by Gasteiger charge is -2.35. The molecule has 9 nitrogen and oxygen atoms in total. The molecule has 4 heterocycles. The Morgan fingerprint density at radius 2 is 1.76 bits per heavy atom. The van der Waals surface area contributed by atoms with E-state index in [1.54, 1.807) is 11.0 Å². The minimum atomic E-state index is -4.62. The van der Waals surface area contributed by atoms with E-state index in [2.05, 4.69) is 39.3 Å². The highest BCUT2D eigenvalue weighted by atomic mass is 19.4. The standard InChI is InChI=1S/C25H30F3N7O2/c1-17(34-14-13-32(2)23(36)15-34)16-37-20-5-3-18(4-6-20)19-9-11-33(12-10-19)22-8-7-21-29-30-24(25(26,27)28)35(21)31-22/h3-8,17,19H,9-16H2,1-2H3/t17-/m0/s1. The molecule has 37 heavy (non-hydrogen) atoms. The van der Waals surface area contributed by atoms with Crippen LogP contribution < -0.4 is 9.64 Å². The maximum atomic E-state index is 13.2. The number of fused-ring (bicyclic) bond motifs is 1. The van der Waals surface area contributed by atoms with Crippen molar-refractivity contribution >= 4 is 17.4 Å². The van der Waals surface area contributed by atoms with E-state index >= 15 is 0 Å². The number of anilines is 1. The van der Waals surface area contributed by atoms with Crippen LogP contribution in [0.4, 0.5) is 19.0 Å². The number of carbonyl (C=O) groups is 1. The molecule has 0 unspecified atom stereocenters. The van der Waals surface area contributed by atoms with Crippen molar-refractivity contribution in [2.24, 2.45) is 0 Å². The van der Waals surface area contributed by atoms with E-state index in [1.165, 1.54) is 11.6 Å². The number of hydrogen-bond acceptors (Lipinski definition) is 7. The second-order valence-corrected chi connectivity index (χ2v) is 9.76. The summed E-state index contributed by atoms with van der Waals surface area (Å²) >= 11 is 0. The summed E-state index contributed by atoms with van der Waals surface area (Å²) < 4.78 is 46.3. The molecule has 0 spiro atoms. The van der Waals surface area contributed by atoms with Gasteiger partial charge in [-0.05, 0) is 55.5 Å². The predicted octanol–water partition coefficient (Wildman–Crippen LogP) is 3.07. The van der Waals surface area contributed by atoms with Gasteiger partial charge in [0, 0.05) is 39.3 Å². The summed E-state index contributed by atoms with van der Waals surface area (Å²) in [6.45, 7) is 5.95. The van der Waals surface area contributed by atoms with Crippen molar-refractivity contribution in [2.45, 2.75) is 37.9 Å². The molecular weight excluding hydrogens is 487 g/mol. The number of nitrogens with zero attached hydrogens (tertiary/aromatic N) is 7. The highest BCUT2D eigenvalue weighted by molar-refractivity contribution is 5.78. The van der Waals surface area contributed by atoms with Gasteiger partial charge in [-0.15, -0.1) is 15.3 Å². The van der Waals surface area contributed by atoms with Crippen LogP contribution in [0.15, 0.2) is 36.4 Å². The van der Waals surface area contributed by atoms with Gasteiger partial charge < -0.3 is 14.5 Å². The number of ether oxygens (including phenoxy) is 1.